The van der Waals surface area contributed by atoms with Crippen molar-refractivity contribution in [2.75, 3.05) is 0 Å². The van der Waals surface area contributed by atoms with Crippen LogP contribution in [0.1, 0.15) is 0 Å². The fourth-order valence-electron chi connectivity index (χ4n) is 21.7. The number of hydrogen-bond donors (Lipinski definition) is 0. The molecule has 134 heavy (non-hydrogen) atoms. The summed E-state index contributed by atoms with van der Waals surface area (Å²) in [6, 6.07) is 150. The number of aromatic nitrogens is 19. The third-order valence-electron chi connectivity index (χ3n) is 27.4. The van der Waals surface area contributed by atoms with E-state index >= 15 is 0 Å². The van der Waals surface area contributed by atoms with Gasteiger partial charge in [-0.3, -0.25) is 26.7 Å². The first-order valence-electron chi connectivity index (χ1n) is 44.8. The van der Waals surface area contributed by atoms with Crippen LogP contribution in [-0.4, -0.2) is 106 Å². The summed E-state index contributed by atoms with van der Waals surface area (Å²) in [5.74, 6) is 4.47. The molecule has 0 unspecified atom stereocenters. The minimum absolute atomic E-state index is 0.381. The molecule has 17 aromatic carbocycles. The average Bonchev–Trinajstić information content (AvgIpc) is 1.18. The Hall–Kier alpha value is -17.7. The Labute approximate surface area is 766 Å². The first-order chi connectivity index (χ1) is 66.4. The van der Waals surface area contributed by atoms with Crippen LogP contribution in [0.4, 0.5) is 0 Å². The van der Waals surface area contributed by atoms with Gasteiger partial charge in [0.1, 0.15) is 10.9 Å². The van der Waals surface area contributed by atoms with Gasteiger partial charge in [-0.25, -0.2) is 53.6 Å². The summed E-state index contributed by atoms with van der Waals surface area (Å²) in [6.07, 6.45) is 0. The van der Waals surface area contributed by atoms with Crippen LogP contribution >= 0.6 is 11.3 Å². The molecule has 0 bridgehead atoms. The molecule has 12 aromatic heterocycles. The zero-order chi connectivity index (χ0) is 87.6. The van der Waals surface area contributed by atoms with E-state index in [0.717, 1.165) is 164 Å². The molecule has 0 fully saturated rings. The molecule has 0 aliphatic rings. The highest BCUT2D eigenvalue weighted by molar-refractivity contribution is 7.26. The Morgan fingerprint density at radius 1 is 0.179 bits per heavy atom. The monoisotopic (exact) mass is 1770 g/mol. The van der Waals surface area contributed by atoms with E-state index in [1.54, 1.807) is 0 Å². The van der Waals surface area contributed by atoms with Gasteiger partial charge in [-0.2, -0.15) is 9.97 Å². The molecule has 12 heterocycles. The second-order valence-electron chi connectivity index (χ2n) is 34.4. The van der Waals surface area contributed by atoms with Gasteiger partial charge >= 0.3 is 0 Å². The summed E-state index contributed by atoms with van der Waals surface area (Å²) in [6.45, 7) is 0. The largest absolute Gasteiger partial charge is 0.278 e. The maximum atomic E-state index is 6.12. The Kier molecular flexibility index (Phi) is 15.7. The zero-order valence-electron chi connectivity index (χ0n) is 71.2. The zero-order valence-corrected chi connectivity index (χ0v) is 74.1. The number of hydrogen-bond acceptors (Lipinski definition) is 11. The maximum Gasteiger partial charge on any atom is 0.241 e. The minimum Gasteiger partial charge on any atom is -0.278 e. The van der Waals surface area contributed by atoms with Crippen molar-refractivity contribution in [3.05, 3.63) is 419 Å². The van der Waals surface area contributed by atoms with Gasteiger partial charge in [0, 0.05) is 36.6 Å². The number of rotatable bonds is 14. The van der Waals surface area contributed by atoms with Gasteiger partial charge in [0.15, 0.2) is 0 Å². The van der Waals surface area contributed by atoms with Gasteiger partial charge in [0.2, 0.25) is 63.1 Å². The van der Waals surface area contributed by atoms with Gasteiger partial charge in [-0.15, -0.1) is 11.3 Å². The molecule has 29 aromatic rings. The molecule has 0 aliphatic carbocycles. The summed E-state index contributed by atoms with van der Waals surface area (Å²) in [4.78, 5) is 58.0. The number of thiophene rings is 1. The Morgan fingerprint density at radius 3 is 0.993 bits per heavy atom. The van der Waals surface area contributed by atoms with Crippen LogP contribution in [0.2, 0.25) is 0 Å². The van der Waals surface area contributed by atoms with E-state index in [9.17, 15) is 0 Å². The van der Waals surface area contributed by atoms with Crippen LogP contribution < -0.4 is 42.0 Å². The molecule has 0 saturated heterocycles. The lowest BCUT2D eigenvalue weighted by Gasteiger charge is -2.32. The third kappa shape index (κ3) is 10.5. The molecule has 19 nitrogen and oxygen atoms in total. The SMILES string of the molecule is c1ccc([Si](c2ccccc2)(c2ccc3sc4ccccc4c3c2)c2nc(-n3c4ccccc4c4cc(-c5ccc6nc7n(-c8nc(-n9c%10ccccc%10n%10c%11ccccc%11nc9%10)nc([Si](c9ccccc9)(c9ccccc9)c9cccc(-n%10c%11ccccc%11n%11c%12ccccc%12nc%10%11)c9)n8)c8ccccc8n7c6c5)ccc43)nc(-n3c4ccccc4n4c5ccccc5nc34)n2)cc1. The smallest absolute Gasteiger partial charge is 0.241 e. The van der Waals surface area contributed by atoms with E-state index in [1.165, 1.54) is 20.2 Å². The van der Waals surface area contributed by atoms with Crippen molar-refractivity contribution < 1.29 is 0 Å². The second kappa shape index (κ2) is 28.4. The highest BCUT2D eigenvalue weighted by Gasteiger charge is 2.49. The van der Waals surface area contributed by atoms with Crippen molar-refractivity contribution in [2.45, 2.75) is 0 Å². The van der Waals surface area contributed by atoms with Gasteiger partial charge in [-0.1, -0.05) is 279 Å². The van der Waals surface area contributed by atoms with Crippen molar-refractivity contribution in [1.82, 2.24) is 90.3 Å². The van der Waals surface area contributed by atoms with Crippen LogP contribution in [0.3, 0.4) is 0 Å². The summed E-state index contributed by atoms with van der Waals surface area (Å²) >= 11 is 1.82. The molecule has 626 valence electrons. The van der Waals surface area contributed by atoms with E-state index in [2.05, 4.69) is 447 Å². The van der Waals surface area contributed by atoms with Crippen molar-refractivity contribution in [2.24, 2.45) is 0 Å². The lowest BCUT2D eigenvalue weighted by atomic mass is 10.0. The van der Waals surface area contributed by atoms with E-state index in [-0.39, 0.29) is 0 Å². The average molecular weight is 1770 g/mol. The van der Waals surface area contributed by atoms with Crippen molar-refractivity contribution in [3.8, 4) is 40.6 Å². The molecule has 0 atom stereocenters. The van der Waals surface area contributed by atoms with Gasteiger partial charge < -0.3 is 0 Å². The van der Waals surface area contributed by atoms with Gasteiger partial charge in [0.25, 0.3) is 0 Å². The maximum absolute atomic E-state index is 6.12. The Morgan fingerprint density at radius 2 is 0.515 bits per heavy atom. The summed E-state index contributed by atoms with van der Waals surface area (Å²) < 4.78 is 22.4. The van der Waals surface area contributed by atoms with Crippen LogP contribution in [0.15, 0.2) is 419 Å². The predicted molar refractivity (Wildman–Crippen MR) is 545 cm³/mol. The van der Waals surface area contributed by atoms with Crippen molar-refractivity contribution in [1.29, 1.82) is 0 Å². The van der Waals surface area contributed by atoms with Crippen LogP contribution in [0.25, 0.3) is 194 Å². The first kappa shape index (κ1) is 74.2. The highest BCUT2D eigenvalue weighted by Crippen LogP contribution is 2.41. The molecule has 0 saturated carbocycles. The number of imidazole rings is 8. The molecular formula is C112H69N19SSi2. The minimum atomic E-state index is -3.83. The molecule has 0 amide bonds. The van der Waals surface area contributed by atoms with E-state index in [1.807, 2.05) is 23.5 Å². The fraction of sp³-hybridized carbons (Fsp3) is 0. The standard InChI is InChI=1S/C112H69N19SSi2/c1-5-33-73(34-6-1)133(74-35-7-2-8-36-74,77-41-31-32-72(68-77)123-92-51-22-23-52-93(92)125-89-48-19-15-44-83(89)113-109(123)125)108-121-105(130-98-57-28-25-54-95(98)127-91-50-21-17-46-85(91)115-111(127)130)118-106(122-108)131-99-58-29-26-55-96(99)128-100-67-71(60-63-86(100)116-112(128)131)70-61-64-88-81(66-70)79-42-13-18-47-87(79)124(88)103-117-104(129-97-56-27-24-53-94(97)126-90-49-20-16-45-84(90)114-110(126)129)120-107(119-103)134(75-37-9-3-10-38-75,76-39-11-4-12-40-76)78-62-65-102-82(69-78)80-43-14-30-59-101(80)132-102/h1-69H. The summed E-state index contributed by atoms with van der Waals surface area (Å²) in [7, 11) is -7.47. The third-order valence-corrected chi connectivity index (χ3v) is 37.5. The lowest BCUT2D eigenvalue weighted by molar-refractivity contribution is 0.887. The van der Waals surface area contributed by atoms with Crippen LogP contribution in [0.5, 0.6) is 0 Å². The van der Waals surface area contributed by atoms with Crippen LogP contribution in [-0.2, 0) is 0 Å². The number of fused-ring (bicyclic) bond motifs is 26. The number of para-hydroxylation sites is 15. The Balaban J connectivity index is 0.649. The molecule has 0 radical (unpaired) electrons. The lowest BCUT2D eigenvalue weighted by Crippen LogP contribution is -2.76. The summed E-state index contributed by atoms with van der Waals surface area (Å²) in [5.41, 5.74) is 20.9. The number of benzene rings is 17. The van der Waals surface area contributed by atoms with E-state index in [0.29, 0.717) is 52.0 Å². The van der Waals surface area contributed by atoms with Gasteiger partial charge in [0.05, 0.1) is 99.3 Å². The van der Waals surface area contributed by atoms with Crippen molar-refractivity contribution >= 4 is 223 Å². The van der Waals surface area contributed by atoms with E-state index < -0.39 is 16.1 Å². The van der Waals surface area contributed by atoms with Gasteiger partial charge in [-0.05, 0) is 182 Å². The molecule has 0 aliphatic heterocycles. The normalized spacial score (nSPS) is 12.5. The topological polar surface area (TPSA) is 171 Å². The fourth-order valence-corrected chi connectivity index (χ4v) is 31.5. The molecule has 22 heteroatoms. The molecule has 0 spiro atoms. The molecular weight excluding hydrogens is 1700 g/mol. The summed E-state index contributed by atoms with van der Waals surface area (Å²) in [5, 5.41) is 11.1. The van der Waals surface area contributed by atoms with E-state index in [4.69, 9.17) is 49.8 Å². The van der Waals surface area contributed by atoms with Crippen LogP contribution in [0, 0.1) is 0 Å². The Bertz CT molecular complexity index is 9890. The quantitative estimate of drug-likeness (QED) is 0.0754. The molecule has 0 N–H and O–H groups in total. The van der Waals surface area contributed by atoms with Crippen molar-refractivity contribution in [3.63, 3.8) is 0 Å². The second-order valence-corrected chi connectivity index (χ2v) is 42.8. The molecule has 29 rings (SSSR count). The first-order valence-corrected chi connectivity index (χ1v) is 49.6. The highest BCUT2D eigenvalue weighted by atomic mass is 32.1. The predicted octanol–water partition coefficient (Wildman–Crippen LogP) is 18.9. The number of nitrogens with zero attached hydrogens (tertiary/aromatic N) is 19.